The van der Waals surface area contributed by atoms with Gasteiger partial charge in [0, 0.05) is 23.6 Å². The molecule has 3 N–H and O–H groups in total. The molecule has 0 saturated carbocycles. The molecule has 0 aliphatic rings. The summed E-state index contributed by atoms with van der Waals surface area (Å²) in [7, 11) is 0. The molecule has 5 nitrogen and oxygen atoms in total. The Balaban J connectivity index is 1.78. The lowest BCUT2D eigenvalue weighted by molar-refractivity contribution is 0.102. The van der Waals surface area contributed by atoms with Crippen LogP contribution in [0.3, 0.4) is 0 Å². The number of hydrogen-bond acceptors (Lipinski definition) is 3. The van der Waals surface area contributed by atoms with Crippen molar-refractivity contribution in [2.24, 2.45) is 0 Å². The maximum Gasteiger partial charge on any atom is 0.255 e. The normalized spacial score (nSPS) is 10.3. The van der Waals surface area contributed by atoms with Crippen LogP contribution in [0.1, 0.15) is 10.4 Å². The molecular formula is C16H14N4O. The number of nitrogens with one attached hydrogen (secondary N) is 1. The Morgan fingerprint density at radius 1 is 1.10 bits per heavy atom. The SMILES string of the molecule is Nc1ccccc1NC(=O)c1ccc(-n2ccnc2)cc1. The molecule has 0 aliphatic carbocycles. The van der Waals surface area contributed by atoms with Gasteiger partial charge in [-0.2, -0.15) is 0 Å². The number of amides is 1. The van der Waals surface area contributed by atoms with Crippen LogP contribution in [0.15, 0.2) is 67.3 Å². The first-order valence-corrected chi connectivity index (χ1v) is 6.48. The van der Waals surface area contributed by atoms with Crippen LogP contribution < -0.4 is 11.1 Å². The van der Waals surface area contributed by atoms with E-state index in [1.807, 2.05) is 35.0 Å². The van der Waals surface area contributed by atoms with Gasteiger partial charge < -0.3 is 15.6 Å². The van der Waals surface area contributed by atoms with Crippen molar-refractivity contribution in [1.29, 1.82) is 0 Å². The highest BCUT2D eigenvalue weighted by Gasteiger charge is 2.07. The van der Waals surface area contributed by atoms with E-state index < -0.39 is 0 Å². The molecule has 0 unspecified atom stereocenters. The molecule has 0 fully saturated rings. The van der Waals surface area contributed by atoms with Crippen molar-refractivity contribution in [3.05, 3.63) is 72.8 Å². The van der Waals surface area contributed by atoms with E-state index in [-0.39, 0.29) is 5.91 Å². The van der Waals surface area contributed by atoms with E-state index in [1.165, 1.54) is 0 Å². The van der Waals surface area contributed by atoms with Crippen LogP contribution in [0.25, 0.3) is 5.69 Å². The molecule has 0 atom stereocenters. The van der Waals surface area contributed by atoms with Crippen LogP contribution in [-0.2, 0) is 0 Å². The lowest BCUT2D eigenvalue weighted by Gasteiger charge is -2.08. The summed E-state index contributed by atoms with van der Waals surface area (Å²) in [6, 6.07) is 14.4. The van der Waals surface area contributed by atoms with E-state index in [0.29, 0.717) is 16.9 Å². The van der Waals surface area contributed by atoms with Crippen molar-refractivity contribution in [3.8, 4) is 5.69 Å². The monoisotopic (exact) mass is 278 g/mol. The Morgan fingerprint density at radius 3 is 2.52 bits per heavy atom. The second-order valence-corrected chi connectivity index (χ2v) is 4.56. The zero-order valence-electron chi connectivity index (χ0n) is 11.2. The third-order valence-electron chi connectivity index (χ3n) is 3.14. The molecule has 1 aromatic heterocycles. The summed E-state index contributed by atoms with van der Waals surface area (Å²) in [5, 5.41) is 2.80. The number of nitrogens with zero attached hydrogens (tertiary/aromatic N) is 2. The molecule has 5 heteroatoms. The van der Waals surface area contributed by atoms with Gasteiger partial charge in [-0.3, -0.25) is 4.79 Å². The van der Waals surface area contributed by atoms with Gasteiger partial charge in [0.25, 0.3) is 5.91 Å². The third-order valence-corrected chi connectivity index (χ3v) is 3.14. The van der Waals surface area contributed by atoms with Crippen molar-refractivity contribution in [2.45, 2.75) is 0 Å². The molecule has 3 aromatic rings. The molecule has 1 heterocycles. The van der Waals surface area contributed by atoms with Gasteiger partial charge in [-0.15, -0.1) is 0 Å². The largest absolute Gasteiger partial charge is 0.397 e. The van der Waals surface area contributed by atoms with Gasteiger partial charge in [-0.1, -0.05) is 12.1 Å². The van der Waals surface area contributed by atoms with Crippen molar-refractivity contribution >= 4 is 17.3 Å². The zero-order chi connectivity index (χ0) is 14.7. The lowest BCUT2D eigenvalue weighted by atomic mass is 10.2. The van der Waals surface area contributed by atoms with Gasteiger partial charge >= 0.3 is 0 Å². The molecule has 0 radical (unpaired) electrons. The van der Waals surface area contributed by atoms with Gasteiger partial charge in [-0.05, 0) is 36.4 Å². The van der Waals surface area contributed by atoms with Crippen LogP contribution in [0.2, 0.25) is 0 Å². The molecule has 0 saturated heterocycles. The molecule has 21 heavy (non-hydrogen) atoms. The highest BCUT2D eigenvalue weighted by molar-refractivity contribution is 6.05. The lowest BCUT2D eigenvalue weighted by Crippen LogP contribution is -2.13. The first kappa shape index (κ1) is 12.9. The van der Waals surface area contributed by atoms with Crippen LogP contribution >= 0.6 is 0 Å². The fraction of sp³-hybridized carbons (Fsp3) is 0. The number of imidazole rings is 1. The minimum absolute atomic E-state index is 0.190. The third kappa shape index (κ3) is 2.76. The van der Waals surface area contributed by atoms with E-state index in [9.17, 15) is 4.79 Å². The Hall–Kier alpha value is -3.08. The Bertz CT molecular complexity index is 748. The van der Waals surface area contributed by atoms with Crippen molar-refractivity contribution in [2.75, 3.05) is 11.1 Å². The smallest absolute Gasteiger partial charge is 0.255 e. The standard InChI is InChI=1S/C16H14N4O/c17-14-3-1-2-4-15(14)19-16(21)12-5-7-13(8-6-12)20-10-9-18-11-20/h1-11H,17H2,(H,19,21). The predicted molar refractivity (Wildman–Crippen MR) is 82.4 cm³/mol. The van der Waals surface area contributed by atoms with Crippen LogP contribution in [-0.4, -0.2) is 15.5 Å². The van der Waals surface area contributed by atoms with Gasteiger partial charge in [0.15, 0.2) is 0 Å². The summed E-state index contributed by atoms with van der Waals surface area (Å²) in [6.45, 7) is 0. The van der Waals surface area contributed by atoms with E-state index in [0.717, 1.165) is 5.69 Å². The first-order chi connectivity index (χ1) is 10.2. The summed E-state index contributed by atoms with van der Waals surface area (Å²) in [5.74, 6) is -0.190. The molecule has 0 bridgehead atoms. The van der Waals surface area contributed by atoms with Gasteiger partial charge in [0.05, 0.1) is 17.7 Å². The second-order valence-electron chi connectivity index (χ2n) is 4.56. The fourth-order valence-corrected chi connectivity index (χ4v) is 2.00. The quantitative estimate of drug-likeness (QED) is 0.723. The van der Waals surface area contributed by atoms with Gasteiger partial charge in [0.1, 0.15) is 0 Å². The summed E-state index contributed by atoms with van der Waals surface area (Å²) in [4.78, 5) is 16.2. The minimum Gasteiger partial charge on any atom is -0.397 e. The average molecular weight is 278 g/mol. The first-order valence-electron chi connectivity index (χ1n) is 6.48. The van der Waals surface area contributed by atoms with E-state index in [1.54, 1.807) is 36.8 Å². The summed E-state index contributed by atoms with van der Waals surface area (Å²) >= 11 is 0. The summed E-state index contributed by atoms with van der Waals surface area (Å²) < 4.78 is 1.87. The van der Waals surface area contributed by atoms with Crippen molar-refractivity contribution in [1.82, 2.24) is 9.55 Å². The number of aromatic nitrogens is 2. The Labute approximate surface area is 122 Å². The number of hydrogen-bond donors (Lipinski definition) is 2. The number of carbonyl (C=O) groups is 1. The van der Waals surface area contributed by atoms with E-state index >= 15 is 0 Å². The van der Waals surface area contributed by atoms with Crippen LogP contribution in [0.5, 0.6) is 0 Å². The number of anilines is 2. The molecule has 1 amide bonds. The Kier molecular flexibility index (Phi) is 3.39. The fourth-order valence-electron chi connectivity index (χ4n) is 2.00. The molecule has 0 spiro atoms. The molecule has 2 aromatic carbocycles. The van der Waals surface area contributed by atoms with Crippen LogP contribution in [0, 0.1) is 0 Å². The Morgan fingerprint density at radius 2 is 1.86 bits per heavy atom. The van der Waals surface area contributed by atoms with Crippen LogP contribution in [0.4, 0.5) is 11.4 Å². The minimum atomic E-state index is -0.190. The number of benzene rings is 2. The van der Waals surface area contributed by atoms with Crippen molar-refractivity contribution < 1.29 is 4.79 Å². The topological polar surface area (TPSA) is 72.9 Å². The molecular weight excluding hydrogens is 264 g/mol. The van der Waals surface area contributed by atoms with Gasteiger partial charge in [-0.25, -0.2) is 4.98 Å². The zero-order valence-corrected chi connectivity index (χ0v) is 11.2. The number of para-hydroxylation sites is 2. The molecule has 0 aliphatic heterocycles. The maximum atomic E-state index is 12.2. The average Bonchev–Trinajstić information content (AvgIpc) is 3.04. The number of nitrogens with two attached hydrogens (primary N) is 1. The van der Waals surface area contributed by atoms with Crippen molar-refractivity contribution in [3.63, 3.8) is 0 Å². The van der Waals surface area contributed by atoms with E-state index in [4.69, 9.17) is 5.73 Å². The highest BCUT2D eigenvalue weighted by Crippen LogP contribution is 2.18. The second kappa shape index (κ2) is 5.50. The predicted octanol–water partition coefficient (Wildman–Crippen LogP) is 2.71. The van der Waals surface area contributed by atoms with E-state index in [2.05, 4.69) is 10.3 Å². The number of rotatable bonds is 3. The summed E-state index contributed by atoms with van der Waals surface area (Å²) in [6.07, 6.45) is 5.26. The molecule has 3 rings (SSSR count). The highest BCUT2D eigenvalue weighted by atomic mass is 16.1. The number of nitrogen functional groups attached to an aromatic ring is 1. The number of carbonyl (C=O) groups excluding carboxylic acids is 1. The molecule has 104 valence electrons. The maximum absolute atomic E-state index is 12.2. The summed E-state index contributed by atoms with van der Waals surface area (Å²) in [5.41, 5.74) is 8.48. The van der Waals surface area contributed by atoms with Gasteiger partial charge in [0.2, 0.25) is 0 Å².